The van der Waals surface area contributed by atoms with Crippen molar-refractivity contribution in [1.82, 2.24) is 9.44 Å². The summed E-state index contributed by atoms with van der Waals surface area (Å²) in [5, 5.41) is 10.6. The summed E-state index contributed by atoms with van der Waals surface area (Å²) in [6.45, 7) is 3.01. The van der Waals surface area contributed by atoms with E-state index in [1.165, 1.54) is 7.11 Å². The molecule has 1 aliphatic rings. The normalized spacial score (nSPS) is 14.6. The minimum absolute atomic E-state index is 0.0653. The molecule has 0 amide bonds. The van der Waals surface area contributed by atoms with Crippen molar-refractivity contribution in [1.29, 1.82) is 0 Å². The Labute approximate surface area is 174 Å². The second-order valence-corrected chi connectivity index (χ2v) is 10.1. The standard InChI is InChI=1S/C17H25N2O9PS/c1-10(8-19-30(25,26)18-6-7-29(22,23)24)4-5-12-15(20)14-13(9-28-17(14)21)11(2)16(12)27-3/h4,18-20H,5-9H2,1-3H3,(H2,22,23,24). The van der Waals surface area contributed by atoms with Gasteiger partial charge in [0.25, 0.3) is 10.2 Å². The number of benzene rings is 1. The van der Waals surface area contributed by atoms with E-state index in [4.69, 9.17) is 19.3 Å². The molecule has 0 saturated heterocycles. The first-order chi connectivity index (χ1) is 13.9. The molecule has 1 heterocycles. The second kappa shape index (κ2) is 9.46. The molecule has 30 heavy (non-hydrogen) atoms. The predicted octanol–water partition coefficient (Wildman–Crippen LogP) is 0.470. The van der Waals surface area contributed by atoms with Gasteiger partial charge in [-0.3, -0.25) is 4.57 Å². The van der Waals surface area contributed by atoms with Crippen LogP contribution in [0.4, 0.5) is 0 Å². The zero-order valence-electron chi connectivity index (χ0n) is 16.8. The highest BCUT2D eigenvalue weighted by atomic mass is 32.2. The Bertz CT molecular complexity index is 1010. The number of allylic oxidation sites excluding steroid dienone is 1. The number of cyclic esters (lactones) is 1. The van der Waals surface area contributed by atoms with E-state index < -0.39 is 36.5 Å². The summed E-state index contributed by atoms with van der Waals surface area (Å²) < 4.78 is 49.1. The van der Waals surface area contributed by atoms with Gasteiger partial charge in [-0.05, 0) is 25.8 Å². The molecular formula is C17H25N2O9PS. The number of phenolic OH excluding ortho intramolecular Hbond substituents is 1. The average Bonchev–Trinajstić information content (AvgIpc) is 3.02. The van der Waals surface area contributed by atoms with Gasteiger partial charge in [-0.25, -0.2) is 9.52 Å². The largest absolute Gasteiger partial charge is 0.507 e. The second-order valence-electron chi connectivity index (χ2n) is 6.78. The fraction of sp³-hybridized carbons (Fsp3) is 0.471. The van der Waals surface area contributed by atoms with Crippen LogP contribution in [-0.2, 0) is 32.5 Å². The van der Waals surface area contributed by atoms with Crippen molar-refractivity contribution in [3.8, 4) is 11.5 Å². The molecule has 2 rings (SSSR count). The van der Waals surface area contributed by atoms with E-state index in [2.05, 4.69) is 4.72 Å². The number of rotatable bonds is 10. The number of carbonyl (C=O) groups is 1. The fourth-order valence-electron chi connectivity index (χ4n) is 2.96. The number of nitrogens with one attached hydrogen (secondary N) is 2. The van der Waals surface area contributed by atoms with Gasteiger partial charge in [0.05, 0.1) is 13.3 Å². The maximum absolute atomic E-state index is 11.9. The molecule has 0 bridgehead atoms. The van der Waals surface area contributed by atoms with Gasteiger partial charge in [0, 0.05) is 24.2 Å². The number of phenols is 1. The number of aromatic hydroxyl groups is 1. The van der Waals surface area contributed by atoms with Crippen molar-refractivity contribution in [3.63, 3.8) is 0 Å². The predicted molar refractivity (Wildman–Crippen MR) is 108 cm³/mol. The Balaban J connectivity index is 2.09. The van der Waals surface area contributed by atoms with E-state index in [0.29, 0.717) is 28.0 Å². The van der Waals surface area contributed by atoms with Crippen molar-refractivity contribution in [2.24, 2.45) is 0 Å². The number of esters is 1. The Morgan fingerprint density at radius 1 is 1.33 bits per heavy atom. The Morgan fingerprint density at radius 3 is 2.60 bits per heavy atom. The first-order valence-electron chi connectivity index (χ1n) is 8.89. The summed E-state index contributed by atoms with van der Waals surface area (Å²) in [5.74, 6) is -0.406. The highest BCUT2D eigenvalue weighted by molar-refractivity contribution is 7.87. The Kier molecular flexibility index (Phi) is 7.67. The van der Waals surface area contributed by atoms with Gasteiger partial charge in [-0.2, -0.15) is 13.1 Å². The quantitative estimate of drug-likeness (QED) is 0.187. The summed E-state index contributed by atoms with van der Waals surface area (Å²) >= 11 is 0. The number of carbonyl (C=O) groups excluding carboxylic acids is 1. The van der Waals surface area contributed by atoms with Gasteiger partial charge in [0.1, 0.15) is 23.7 Å². The molecule has 0 aliphatic carbocycles. The zero-order chi connectivity index (χ0) is 22.7. The molecule has 1 aliphatic heterocycles. The Morgan fingerprint density at radius 2 is 2.00 bits per heavy atom. The highest BCUT2D eigenvalue weighted by Gasteiger charge is 2.31. The number of ether oxygens (including phenoxy) is 2. The van der Waals surface area contributed by atoms with E-state index in [-0.39, 0.29) is 30.9 Å². The summed E-state index contributed by atoms with van der Waals surface area (Å²) in [6.07, 6.45) is 1.24. The monoisotopic (exact) mass is 464 g/mol. The first-order valence-corrected chi connectivity index (χ1v) is 12.2. The van der Waals surface area contributed by atoms with Crippen molar-refractivity contribution in [2.75, 3.05) is 26.4 Å². The zero-order valence-corrected chi connectivity index (χ0v) is 18.5. The average molecular weight is 464 g/mol. The maximum Gasteiger partial charge on any atom is 0.342 e. The van der Waals surface area contributed by atoms with Crippen LogP contribution in [0.2, 0.25) is 0 Å². The highest BCUT2D eigenvalue weighted by Crippen LogP contribution is 2.42. The van der Waals surface area contributed by atoms with Gasteiger partial charge in [0.2, 0.25) is 0 Å². The lowest BCUT2D eigenvalue weighted by atomic mass is 9.95. The van der Waals surface area contributed by atoms with E-state index in [1.807, 2.05) is 4.72 Å². The van der Waals surface area contributed by atoms with Crippen LogP contribution in [-0.4, -0.2) is 55.6 Å². The van der Waals surface area contributed by atoms with Crippen LogP contribution >= 0.6 is 7.60 Å². The third-order valence-corrected chi connectivity index (χ3v) is 6.45. The molecule has 1 aromatic carbocycles. The van der Waals surface area contributed by atoms with Crippen LogP contribution < -0.4 is 14.2 Å². The molecule has 0 radical (unpaired) electrons. The van der Waals surface area contributed by atoms with Crippen LogP contribution in [0.1, 0.15) is 34.0 Å². The third-order valence-electron chi connectivity index (χ3n) is 4.54. The molecule has 0 spiro atoms. The number of hydrogen-bond donors (Lipinski definition) is 5. The number of methoxy groups -OCH3 is 1. The lowest BCUT2D eigenvalue weighted by Gasteiger charge is -2.16. The summed E-state index contributed by atoms with van der Waals surface area (Å²) in [6, 6.07) is 0. The van der Waals surface area contributed by atoms with E-state index in [0.717, 1.165) is 0 Å². The smallest absolute Gasteiger partial charge is 0.342 e. The molecule has 5 N–H and O–H groups in total. The lowest BCUT2D eigenvalue weighted by molar-refractivity contribution is 0.0532. The molecule has 11 nitrogen and oxygen atoms in total. The van der Waals surface area contributed by atoms with Crippen LogP contribution in [0.15, 0.2) is 11.6 Å². The number of fused-ring (bicyclic) bond motifs is 1. The van der Waals surface area contributed by atoms with Gasteiger partial charge in [-0.15, -0.1) is 0 Å². The van der Waals surface area contributed by atoms with Crippen LogP contribution in [0.3, 0.4) is 0 Å². The van der Waals surface area contributed by atoms with Gasteiger partial charge >= 0.3 is 13.6 Å². The molecule has 13 heteroatoms. The van der Waals surface area contributed by atoms with Crippen LogP contribution in [0.25, 0.3) is 0 Å². The summed E-state index contributed by atoms with van der Waals surface area (Å²) in [7, 11) is -6.79. The van der Waals surface area contributed by atoms with Crippen LogP contribution in [0.5, 0.6) is 11.5 Å². The fourth-order valence-corrected chi connectivity index (χ4v) is 4.41. The number of hydrogen-bond acceptors (Lipinski definition) is 7. The molecule has 0 unspecified atom stereocenters. The summed E-state index contributed by atoms with van der Waals surface area (Å²) in [5.41, 5.74) is 2.37. The lowest BCUT2D eigenvalue weighted by Crippen LogP contribution is -2.38. The van der Waals surface area contributed by atoms with Crippen LogP contribution in [0, 0.1) is 6.92 Å². The molecule has 1 aromatic rings. The third kappa shape index (κ3) is 6.03. The molecule has 0 atom stereocenters. The van der Waals surface area contributed by atoms with E-state index >= 15 is 0 Å². The molecule has 0 saturated carbocycles. The molecular weight excluding hydrogens is 439 g/mol. The molecule has 168 valence electrons. The summed E-state index contributed by atoms with van der Waals surface area (Å²) in [4.78, 5) is 29.4. The van der Waals surface area contributed by atoms with Crippen molar-refractivity contribution in [3.05, 3.63) is 33.9 Å². The molecule has 0 aromatic heterocycles. The minimum Gasteiger partial charge on any atom is -0.507 e. The Hall–Kier alpha value is -1.95. The van der Waals surface area contributed by atoms with Crippen molar-refractivity contribution < 1.29 is 42.1 Å². The van der Waals surface area contributed by atoms with E-state index in [9.17, 15) is 22.9 Å². The maximum atomic E-state index is 11.9. The first kappa shape index (κ1) is 24.3. The molecule has 0 fully saturated rings. The van der Waals surface area contributed by atoms with Gasteiger partial charge in [-0.1, -0.05) is 11.6 Å². The SMILES string of the molecule is COc1c(C)c2c(c(O)c1CC=C(C)CNS(=O)(=O)NCCP(=O)(O)O)C(=O)OC2. The van der Waals surface area contributed by atoms with Crippen molar-refractivity contribution in [2.45, 2.75) is 26.9 Å². The van der Waals surface area contributed by atoms with Crippen molar-refractivity contribution >= 4 is 23.8 Å². The van der Waals surface area contributed by atoms with Gasteiger partial charge in [0.15, 0.2) is 0 Å². The van der Waals surface area contributed by atoms with E-state index in [1.54, 1.807) is 19.9 Å². The van der Waals surface area contributed by atoms with Gasteiger partial charge < -0.3 is 24.4 Å². The minimum atomic E-state index is -4.30. The topological polar surface area (TPSA) is 171 Å².